The van der Waals surface area contributed by atoms with Gasteiger partial charge < -0.3 is 19.9 Å². The first kappa shape index (κ1) is 15.1. The maximum absolute atomic E-state index is 6.21. The van der Waals surface area contributed by atoms with E-state index in [2.05, 4.69) is 0 Å². The number of benzene rings is 1. The Morgan fingerprint density at radius 2 is 1.80 bits per heavy atom. The molecule has 0 amide bonds. The molecule has 1 aromatic carbocycles. The van der Waals surface area contributed by atoms with Crippen molar-refractivity contribution in [1.29, 1.82) is 0 Å². The maximum Gasteiger partial charge on any atom is 0.161 e. The number of rotatable bonds is 6. The van der Waals surface area contributed by atoms with Crippen LogP contribution in [0, 0.1) is 0 Å². The van der Waals surface area contributed by atoms with Crippen LogP contribution in [0.3, 0.4) is 0 Å². The van der Waals surface area contributed by atoms with Crippen molar-refractivity contribution in [1.82, 2.24) is 0 Å². The first-order valence-corrected chi connectivity index (χ1v) is 7.33. The van der Waals surface area contributed by atoms with Crippen LogP contribution in [0.4, 0.5) is 0 Å². The van der Waals surface area contributed by atoms with Crippen LogP contribution in [0.2, 0.25) is 0 Å². The van der Waals surface area contributed by atoms with Crippen LogP contribution in [-0.4, -0.2) is 26.9 Å². The summed E-state index contributed by atoms with van der Waals surface area (Å²) in [4.78, 5) is 0. The highest BCUT2D eigenvalue weighted by Crippen LogP contribution is 2.30. The predicted octanol–water partition coefficient (Wildman–Crippen LogP) is 3.05. The standard InChI is InChI=1S/C16H25NO3/c1-18-15-9-8-12(10-16(15)19-2)14(17)11-20-13-6-4-3-5-7-13/h8-10,13-14H,3-7,11,17H2,1-2H3. The van der Waals surface area contributed by atoms with Gasteiger partial charge in [-0.15, -0.1) is 0 Å². The zero-order valence-corrected chi connectivity index (χ0v) is 12.4. The van der Waals surface area contributed by atoms with Crippen molar-refractivity contribution < 1.29 is 14.2 Å². The normalized spacial score (nSPS) is 17.8. The van der Waals surface area contributed by atoms with Crippen molar-refractivity contribution in [3.05, 3.63) is 23.8 Å². The molecule has 1 atom stereocenters. The van der Waals surface area contributed by atoms with E-state index in [1.807, 2.05) is 18.2 Å². The Balaban J connectivity index is 1.92. The highest BCUT2D eigenvalue weighted by atomic mass is 16.5. The average molecular weight is 279 g/mol. The van der Waals surface area contributed by atoms with Gasteiger partial charge in [0.25, 0.3) is 0 Å². The van der Waals surface area contributed by atoms with E-state index < -0.39 is 0 Å². The molecule has 2 rings (SSSR count). The zero-order valence-electron chi connectivity index (χ0n) is 12.4. The van der Waals surface area contributed by atoms with Gasteiger partial charge in [-0.2, -0.15) is 0 Å². The topological polar surface area (TPSA) is 53.7 Å². The Morgan fingerprint density at radius 3 is 2.45 bits per heavy atom. The van der Waals surface area contributed by atoms with Crippen LogP contribution in [0.1, 0.15) is 43.7 Å². The number of hydrogen-bond donors (Lipinski definition) is 1. The molecule has 1 saturated carbocycles. The summed E-state index contributed by atoms with van der Waals surface area (Å²) in [5, 5.41) is 0. The van der Waals surface area contributed by atoms with E-state index in [0.29, 0.717) is 18.5 Å². The molecule has 0 heterocycles. The lowest BCUT2D eigenvalue weighted by atomic mass is 9.97. The lowest BCUT2D eigenvalue weighted by Gasteiger charge is -2.24. The third-order valence-electron chi connectivity index (χ3n) is 3.90. The average Bonchev–Trinajstić information content (AvgIpc) is 2.52. The molecule has 1 aromatic rings. The minimum atomic E-state index is -0.128. The molecule has 2 N–H and O–H groups in total. The number of nitrogens with two attached hydrogens (primary N) is 1. The lowest BCUT2D eigenvalue weighted by Crippen LogP contribution is -2.24. The summed E-state index contributed by atoms with van der Waals surface area (Å²) in [5.41, 5.74) is 7.22. The smallest absolute Gasteiger partial charge is 0.161 e. The summed E-state index contributed by atoms with van der Waals surface area (Å²) in [5.74, 6) is 1.43. The second-order valence-corrected chi connectivity index (χ2v) is 5.31. The van der Waals surface area contributed by atoms with E-state index in [0.717, 1.165) is 11.3 Å². The molecule has 0 radical (unpaired) electrons. The zero-order chi connectivity index (χ0) is 14.4. The third kappa shape index (κ3) is 3.87. The fourth-order valence-corrected chi connectivity index (χ4v) is 2.65. The highest BCUT2D eigenvalue weighted by molar-refractivity contribution is 5.43. The molecule has 4 nitrogen and oxygen atoms in total. The first-order valence-electron chi connectivity index (χ1n) is 7.33. The summed E-state index contributed by atoms with van der Waals surface area (Å²) in [7, 11) is 3.26. The van der Waals surface area contributed by atoms with Crippen LogP contribution >= 0.6 is 0 Å². The van der Waals surface area contributed by atoms with Crippen LogP contribution in [0.25, 0.3) is 0 Å². The van der Waals surface area contributed by atoms with Gasteiger partial charge in [-0.3, -0.25) is 0 Å². The quantitative estimate of drug-likeness (QED) is 0.869. The van der Waals surface area contributed by atoms with Crippen molar-refractivity contribution in [3.63, 3.8) is 0 Å². The second kappa shape index (κ2) is 7.50. The summed E-state index contributed by atoms with van der Waals surface area (Å²) >= 11 is 0. The molecule has 0 aliphatic heterocycles. The van der Waals surface area contributed by atoms with Gasteiger partial charge in [-0.25, -0.2) is 0 Å². The van der Waals surface area contributed by atoms with E-state index in [1.54, 1.807) is 14.2 Å². The number of hydrogen-bond acceptors (Lipinski definition) is 4. The summed E-state index contributed by atoms with van der Waals surface area (Å²) in [6.45, 7) is 0.556. The Hall–Kier alpha value is -1.26. The third-order valence-corrected chi connectivity index (χ3v) is 3.90. The van der Waals surface area contributed by atoms with E-state index in [-0.39, 0.29) is 6.04 Å². The van der Waals surface area contributed by atoms with E-state index in [9.17, 15) is 0 Å². The minimum Gasteiger partial charge on any atom is -0.493 e. The Labute approximate surface area is 121 Å². The molecule has 0 bridgehead atoms. The van der Waals surface area contributed by atoms with Crippen LogP contribution in [-0.2, 0) is 4.74 Å². The molecular weight excluding hydrogens is 254 g/mol. The highest BCUT2D eigenvalue weighted by Gasteiger charge is 2.16. The lowest BCUT2D eigenvalue weighted by molar-refractivity contribution is 0.0206. The van der Waals surface area contributed by atoms with Gasteiger partial charge in [0, 0.05) is 0 Å². The molecule has 1 fully saturated rings. The van der Waals surface area contributed by atoms with Gasteiger partial charge in [0.15, 0.2) is 11.5 Å². The van der Waals surface area contributed by atoms with Gasteiger partial charge in [-0.05, 0) is 30.5 Å². The van der Waals surface area contributed by atoms with Crippen molar-refractivity contribution in [2.45, 2.75) is 44.2 Å². The largest absolute Gasteiger partial charge is 0.493 e. The molecule has 0 saturated heterocycles. The molecular formula is C16H25NO3. The van der Waals surface area contributed by atoms with Crippen molar-refractivity contribution in [2.75, 3.05) is 20.8 Å². The van der Waals surface area contributed by atoms with E-state index >= 15 is 0 Å². The molecule has 20 heavy (non-hydrogen) atoms. The van der Waals surface area contributed by atoms with Crippen molar-refractivity contribution in [2.24, 2.45) is 5.73 Å². The Morgan fingerprint density at radius 1 is 1.10 bits per heavy atom. The van der Waals surface area contributed by atoms with Gasteiger partial charge in [0.05, 0.1) is 33.0 Å². The predicted molar refractivity (Wildman–Crippen MR) is 79.3 cm³/mol. The molecule has 0 aromatic heterocycles. The fourth-order valence-electron chi connectivity index (χ4n) is 2.65. The molecule has 1 aliphatic rings. The second-order valence-electron chi connectivity index (χ2n) is 5.31. The molecule has 0 spiro atoms. The van der Waals surface area contributed by atoms with Crippen LogP contribution < -0.4 is 15.2 Å². The van der Waals surface area contributed by atoms with E-state index in [4.69, 9.17) is 19.9 Å². The SMILES string of the molecule is COc1ccc(C(N)COC2CCCCC2)cc1OC. The van der Waals surface area contributed by atoms with Crippen LogP contribution in [0.15, 0.2) is 18.2 Å². The Kier molecular flexibility index (Phi) is 5.68. The monoisotopic (exact) mass is 279 g/mol. The number of ether oxygens (including phenoxy) is 3. The van der Waals surface area contributed by atoms with Gasteiger partial charge in [-0.1, -0.05) is 25.3 Å². The molecule has 1 aliphatic carbocycles. The van der Waals surface area contributed by atoms with E-state index in [1.165, 1.54) is 32.1 Å². The molecule has 1 unspecified atom stereocenters. The van der Waals surface area contributed by atoms with Crippen molar-refractivity contribution in [3.8, 4) is 11.5 Å². The summed E-state index contributed by atoms with van der Waals surface area (Å²) in [6.07, 6.45) is 6.60. The molecule has 112 valence electrons. The van der Waals surface area contributed by atoms with Gasteiger partial charge in [0.1, 0.15) is 0 Å². The maximum atomic E-state index is 6.21. The van der Waals surface area contributed by atoms with Gasteiger partial charge >= 0.3 is 0 Å². The van der Waals surface area contributed by atoms with Crippen LogP contribution in [0.5, 0.6) is 11.5 Å². The Bertz CT molecular complexity index is 416. The van der Waals surface area contributed by atoms with Gasteiger partial charge in [0.2, 0.25) is 0 Å². The van der Waals surface area contributed by atoms with Crippen molar-refractivity contribution >= 4 is 0 Å². The number of methoxy groups -OCH3 is 2. The minimum absolute atomic E-state index is 0.128. The molecule has 4 heteroatoms. The first-order chi connectivity index (χ1) is 9.74. The summed E-state index contributed by atoms with van der Waals surface area (Å²) < 4.78 is 16.5. The fraction of sp³-hybridized carbons (Fsp3) is 0.625. The summed E-state index contributed by atoms with van der Waals surface area (Å²) in [6, 6.07) is 5.65.